The summed E-state index contributed by atoms with van der Waals surface area (Å²) in [6.07, 6.45) is -2.43. The van der Waals surface area contributed by atoms with Gasteiger partial charge in [-0.3, -0.25) is 15.0 Å². The Morgan fingerprint density at radius 1 is 0.729 bits per heavy atom. The smallest absolute Gasteiger partial charge is 0.407 e. The van der Waals surface area contributed by atoms with Crippen LogP contribution in [0.2, 0.25) is 0 Å². The molecule has 48 heavy (non-hydrogen) atoms. The number of benzene rings is 2. The molecule has 0 bridgehead atoms. The summed E-state index contributed by atoms with van der Waals surface area (Å²) in [6, 6.07) is 14.1. The van der Waals surface area contributed by atoms with Gasteiger partial charge in [-0.15, -0.1) is 0 Å². The molecule has 4 atom stereocenters. The lowest BCUT2D eigenvalue weighted by atomic mass is 9.98. The van der Waals surface area contributed by atoms with E-state index in [2.05, 4.69) is 35.2 Å². The number of aliphatic hydroxyl groups is 1. The van der Waals surface area contributed by atoms with Crippen LogP contribution in [-0.4, -0.2) is 85.7 Å². The maximum Gasteiger partial charge on any atom is 0.407 e. The number of amides is 4. The minimum absolute atomic E-state index is 0.102. The van der Waals surface area contributed by atoms with Crippen molar-refractivity contribution in [2.24, 2.45) is 17.8 Å². The Morgan fingerprint density at radius 2 is 1.27 bits per heavy atom. The first-order chi connectivity index (χ1) is 22.7. The van der Waals surface area contributed by atoms with E-state index in [1.54, 1.807) is 32.7 Å². The fourth-order valence-corrected chi connectivity index (χ4v) is 4.77. The van der Waals surface area contributed by atoms with Gasteiger partial charge in [-0.25, -0.2) is 14.6 Å². The van der Waals surface area contributed by atoms with Gasteiger partial charge in [0.05, 0.1) is 33.0 Å². The van der Waals surface area contributed by atoms with Gasteiger partial charge >= 0.3 is 12.2 Å². The van der Waals surface area contributed by atoms with Crippen LogP contribution in [0.25, 0.3) is 0 Å². The zero-order chi connectivity index (χ0) is 35.8. The first-order valence-electron chi connectivity index (χ1n) is 16.2. The first kappa shape index (κ1) is 39.8. The normalized spacial score (nSPS) is 13.8. The van der Waals surface area contributed by atoms with Gasteiger partial charge in [-0.05, 0) is 47.4 Å². The highest BCUT2D eigenvalue weighted by Gasteiger charge is 2.32. The van der Waals surface area contributed by atoms with Crippen molar-refractivity contribution in [3.8, 4) is 5.75 Å². The van der Waals surface area contributed by atoms with Gasteiger partial charge in [-0.2, -0.15) is 0 Å². The van der Waals surface area contributed by atoms with Crippen molar-refractivity contribution in [3.63, 3.8) is 0 Å². The molecule has 0 fully saturated rings. The summed E-state index contributed by atoms with van der Waals surface area (Å²) in [6.45, 7) is 11.9. The van der Waals surface area contributed by atoms with Crippen molar-refractivity contribution in [1.82, 2.24) is 26.4 Å². The number of aliphatic hydroxyl groups excluding tert-OH is 1. The van der Waals surface area contributed by atoms with Crippen molar-refractivity contribution in [1.29, 1.82) is 0 Å². The molecule has 2 rings (SSSR count). The van der Waals surface area contributed by atoms with Crippen molar-refractivity contribution in [2.45, 2.75) is 78.7 Å². The molecule has 0 heterocycles. The molecule has 0 radical (unpaired) electrons. The molecule has 4 amide bonds. The summed E-state index contributed by atoms with van der Waals surface area (Å²) in [5.74, 6) is -0.502. The molecule has 13 heteroatoms. The Labute approximate surface area is 284 Å². The van der Waals surface area contributed by atoms with Crippen LogP contribution < -0.4 is 26.1 Å². The molecule has 0 saturated carbocycles. The quantitative estimate of drug-likeness (QED) is 0.149. The van der Waals surface area contributed by atoms with Crippen molar-refractivity contribution in [2.75, 3.05) is 27.4 Å². The fraction of sp³-hybridized carbons (Fsp3) is 0.543. The van der Waals surface area contributed by atoms with Crippen LogP contribution in [-0.2, 0) is 32.0 Å². The highest BCUT2D eigenvalue weighted by molar-refractivity contribution is 5.86. The van der Waals surface area contributed by atoms with Crippen LogP contribution in [0, 0.1) is 17.8 Å². The largest absolute Gasteiger partial charge is 0.493 e. The molecule has 0 aliphatic rings. The lowest BCUT2D eigenvalue weighted by molar-refractivity contribution is -0.131. The maximum atomic E-state index is 13.5. The standard InChI is InChI=1S/C35H53N5O8/c1-22(2)21-48-27-16-14-26(15-17-27)19-40(39-33(43)31(24(5)6)38-35(45)47-8)20-29(41)28(18-25-12-10-9-11-13-25)36-32(42)30(23(3)4)37-34(44)46-7/h9-17,22-24,28-31,41H,18-21H2,1-8H3,(H,36,42)(H,37,44)(H,38,45)(H,39,43)/t28-,29-,30-,31-/m0/s1. The second kappa shape index (κ2) is 20.1. The van der Waals surface area contributed by atoms with Gasteiger partial charge in [0.2, 0.25) is 5.91 Å². The maximum absolute atomic E-state index is 13.5. The summed E-state index contributed by atoms with van der Waals surface area (Å²) in [4.78, 5) is 51.0. The molecule has 0 aliphatic carbocycles. The summed E-state index contributed by atoms with van der Waals surface area (Å²) in [7, 11) is 2.43. The summed E-state index contributed by atoms with van der Waals surface area (Å²) < 4.78 is 15.2. The number of carbonyl (C=O) groups is 4. The molecule has 2 aromatic carbocycles. The van der Waals surface area contributed by atoms with Crippen molar-refractivity contribution < 1.29 is 38.5 Å². The van der Waals surface area contributed by atoms with E-state index >= 15 is 0 Å². The number of hydrogen-bond acceptors (Lipinski definition) is 9. The third-order valence-electron chi connectivity index (χ3n) is 7.46. The zero-order valence-corrected chi connectivity index (χ0v) is 29.3. The van der Waals surface area contributed by atoms with E-state index in [-0.39, 0.29) is 31.3 Å². The number of hydrogen-bond donors (Lipinski definition) is 5. The molecule has 5 N–H and O–H groups in total. The van der Waals surface area contributed by atoms with Crippen LogP contribution in [0.1, 0.15) is 52.7 Å². The number of nitrogens with zero attached hydrogens (tertiary/aromatic N) is 1. The number of methoxy groups -OCH3 is 2. The van der Waals surface area contributed by atoms with Gasteiger partial charge in [-0.1, -0.05) is 84.0 Å². The molecule has 0 spiro atoms. The van der Waals surface area contributed by atoms with E-state index in [0.29, 0.717) is 18.3 Å². The van der Waals surface area contributed by atoms with Gasteiger partial charge in [0.1, 0.15) is 17.8 Å². The molecule has 266 valence electrons. The van der Waals surface area contributed by atoms with Gasteiger partial charge < -0.3 is 35.3 Å². The van der Waals surface area contributed by atoms with E-state index in [0.717, 1.165) is 11.1 Å². The second-order valence-electron chi connectivity index (χ2n) is 12.8. The Bertz CT molecular complexity index is 1290. The third kappa shape index (κ3) is 13.8. The lowest BCUT2D eigenvalue weighted by Gasteiger charge is -2.33. The topological polar surface area (TPSA) is 168 Å². The fourth-order valence-electron chi connectivity index (χ4n) is 4.77. The molecule has 0 aliphatic heterocycles. The Kier molecular flexibility index (Phi) is 16.7. The number of hydrazine groups is 1. The van der Waals surface area contributed by atoms with Gasteiger partial charge in [0.25, 0.3) is 5.91 Å². The molecular formula is C35H53N5O8. The van der Waals surface area contributed by atoms with Crippen LogP contribution in [0.5, 0.6) is 5.75 Å². The first-order valence-corrected chi connectivity index (χ1v) is 16.2. The molecular weight excluding hydrogens is 618 g/mol. The summed E-state index contributed by atoms with van der Waals surface area (Å²) in [5, 5.41) is 21.3. The molecule has 0 aromatic heterocycles. The van der Waals surface area contributed by atoms with Gasteiger partial charge in [0, 0.05) is 13.1 Å². The summed E-state index contributed by atoms with van der Waals surface area (Å²) in [5.41, 5.74) is 4.53. The highest BCUT2D eigenvalue weighted by atomic mass is 16.5. The zero-order valence-electron chi connectivity index (χ0n) is 29.3. The average molecular weight is 672 g/mol. The second-order valence-corrected chi connectivity index (χ2v) is 12.8. The third-order valence-corrected chi connectivity index (χ3v) is 7.46. The molecule has 0 unspecified atom stereocenters. The number of nitrogens with one attached hydrogen (secondary N) is 4. The minimum atomic E-state index is -1.19. The van der Waals surface area contributed by atoms with Gasteiger partial charge in [0.15, 0.2) is 0 Å². The van der Waals surface area contributed by atoms with Crippen LogP contribution >= 0.6 is 0 Å². The lowest BCUT2D eigenvalue weighted by Crippen LogP contribution is -2.59. The highest BCUT2D eigenvalue weighted by Crippen LogP contribution is 2.16. The number of carbonyl (C=O) groups excluding carboxylic acids is 4. The SMILES string of the molecule is COC(=O)N[C@H](C(=O)N[C@@H](Cc1ccccc1)[C@@H](O)CN(Cc1ccc(OCC(C)C)cc1)NC(=O)[C@@H](NC(=O)OC)C(C)C)C(C)C. The predicted molar refractivity (Wildman–Crippen MR) is 182 cm³/mol. The molecule has 2 aromatic rings. The van der Waals surface area contributed by atoms with E-state index in [4.69, 9.17) is 14.2 Å². The number of ether oxygens (including phenoxy) is 3. The van der Waals surface area contributed by atoms with E-state index < -0.39 is 48.2 Å². The predicted octanol–water partition coefficient (Wildman–Crippen LogP) is 3.40. The Hall–Kier alpha value is -4.36. The van der Waals surface area contributed by atoms with E-state index in [1.807, 2.05) is 54.6 Å². The monoisotopic (exact) mass is 671 g/mol. The van der Waals surface area contributed by atoms with E-state index in [1.165, 1.54) is 14.2 Å². The van der Waals surface area contributed by atoms with Crippen molar-refractivity contribution in [3.05, 3.63) is 65.7 Å². The molecule has 13 nitrogen and oxygen atoms in total. The number of rotatable bonds is 18. The van der Waals surface area contributed by atoms with E-state index in [9.17, 15) is 24.3 Å². The van der Waals surface area contributed by atoms with Crippen LogP contribution in [0.15, 0.2) is 54.6 Å². The molecule has 0 saturated heterocycles. The number of alkyl carbamates (subject to hydrolysis) is 2. The summed E-state index contributed by atoms with van der Waals surface area (Å²) >= 11 is 0. The Morgan fingerprint density at radius 3 is 1.77 bits per heavy atom. The minimum Gasteiger partial charge on any atom is -0.493 e. The van der Waals surface area contributed by atoms with Crippen LogP contribution in [0.4, 0.5) is 9.59 Å². The Balaban J connectivity index is 2.39. The average Bonchev–Trinajstić information content (AvgIpc) is 3.04. The van der Waals surface area contributed by atoms with Crippen LogP contribution in [0.3, 0.4) is 0 Å². The van der Waals surface area contributed by atoms with Crippen molar-refractivity contribution >= 4 is 24.0 Å².